The summed E-state index contributed by atoms with van der Waals surface area (Å²) < 4.78 is 10.9. The molecule has 3 rings (SSSR count). The fraction of sp³-hybridized carbons (Fsp3) is 0.0625. The van der Waals surface area contributed by atoms with Gasteiger partial charge in [0.1, 0.15) is 16.8 Å². The average molecular weight is 310 g/mol. The van der Waals surface area contributed by atoms with E-state index in [-0.39, 0.29) is 5.76 Å². The van der Waals surface area contributed by atoms with Crippen LogP contribution in [-0.2, 0) is 4.74 Å². The molecule has 0 radical (unpaired) electrons. The zero-order chi connectivity index (χ0) is 15.5. The van der Waals surface area contributed by atoms with Gasteiger partial charge in [-0.1, -0.05) is 12.1 Å². The van der Waals surface area contributed by atoms with Crippen LogP contribution in [0.2, 0.25) is 0 Å². The average Bonchev–Trinajstić information content (AvgIpc) is 3.18. The largest absolute Gasteiger partial charge is 0.463 e. The van der Waals surface area contributed by atoms with Crippen LogP contribution in [0.5, 0.6) is 0 Å². The van der Waals surface area contributed by atoms with E-state index in [1.807, 2.05) is 24.3 Å². The van der Waals surface area contributed by atoms with Crippen molar-refractivity contribution < 1.29 is 13.9 Å². The van der Waals surface area contributed by atoms with E-state index in [0.717, 1.165) is 10.2 Å². The van der Waals surface area contributed by atoms with Gasteiger partial charge >= 0.3 is 5.97 Å². The number of hydrogen-bond donors (Lipinski definition) is 0. The highest BCUT2D eigenvalue weighted by Crippen LogP contribution is 2.28. The van der Waals surface area contributed by atoms with Gasteiger partial charge in [-0.2, -0.15) is 5.26 Å². The summed E-state index contributed by atoms with van der Waals surface area (Å²) in [5, 5.41) is 9.95. The second kappa shape index (κ2) is 5.84. The number of para-hydroxylation sites is 1. The molecule has 5 nitrogen and oxygen atoms in total. The van der Waals surface area contributed by atoms with Gasteiger partial charge in [0.15, 0.2) is 0 Å². The second-order valence-corrected chi connectivity index (χ2v) is 5.38. The van der Waals surface area contributed by atoms with Crippen molar-refractivity contribution in [3.63, 3.8) is 0 Å². The standard InChI is InChI=1S/C16H10N2O3S/c1-20-16(19)13-7-6-11(21-13)8-10(9-17)15-18-12-4-2-3-5-14(12)22-15/h2-8H,1H3. The molecule has 0 amide bonds. The molecule has 1 aromatic carbocycles. The maximum atomic E-state index is 11.4. The molecule has 0 saturated carbocycles. The number of carbonyl (C=O) groups excluding carboxylic acids is 1. The van der Waals surface area contributed by atoms with Crippen LogP contribution >= 0.6 is 11.3 Å². The summed E-state index contributed by atoms with van der Waals surface area (Å²) >= 11 is 1.43. The molecular formula is C16H10N2O3S. The Bertz CT molecular complexity index is 882. The number of hydrogen-bond acceptors (Lipinski definition) is 6. The van der Waals surface area contributed by atoms with Crippen molar-refractivity contribution in [1.82, 2.24) is 4.98 Å². The highest BCUT2D eigenvalue weighted by Gasteiger charge is 2.12. The molecule has 2 heterocycles. The van der Waals surface area contributed by atoms with Crippen molar-refractivity contribution in [3.8, 4) is 6.07 Å². The molecule has 108 valence electrons. The summed E-state index contributed by atoms with van der Waals surface area (Å²) in [5.74, 6) is -0.0651. The lowest BCUT2D eigenvalue weighted by Gasteiger charge is -1.93. The maximum absolute atomic E-state index is 11.4. The lowest BCUT2D eigenvalue weighted by molar-refractivity contribution is 0.0564. The van der Waals surface area contributed by atoms with Crippen LogP contribution in [0, 0.1) is 11.3 Å². The van der Waals surface area contributed by atoms with E-state index in [4.69, 9.17) is 4.42 Å². The smallest absolute Gasteiger partial charge is 0.373 e. The zero-order valence-electron chi connectivity index (χ0n) is 11.6. The number of benzene rings is 1. The molecule has 0 unspecified atom stereocenters. The number of ether oxygens (including phenoxy) is 1. The van der Waals surface area contributed by atoms with Crippen LogP contribution in [0.3, 0.4) is 0 Å². The summed E-state index contributed by atoms with van der Waals surface area (Å²) in [6.45, 7) is 0. The number of allylic oxidation sites excluding steroid dienone is 1. The van der Waals surface area contributed by atoms with E-state index < -0.39 is 5.97 Å². The summed E-state index contributed by atoms with van der Waals surface area (Å²) in [4.78, 5) is 15.8. The van der Waals surface area contributed by atoms with E-state index >= 15 is 0 Å². The first-order valence-corrected chi connectivity index (χ1v) is 7.19. The minimum absolute atomic E-state index is 0.0929. The van der Waals surface area contributed by atoms with Gasteiger partial charge < -0.3 is 9.15 Å². The predicted molar refractivity (Wildman–Crippen MR) is 83.2 cm³/mol. The number of furan rings is 1. The Morgan fingerprint density at radius 3 is 2.91 bits per heavy atom. The Labute approximate surface area is 130 Å². The summed E-state index contributed by atoms with van der Waals surface area (Å²) in [5.41, 5.74) is 1.23. The van der Waals surface area contributed by atoms with E-state index in [2.05, 4.69) is 15.8 Å². The van der Waals surface area contributed by atoms with Crippen molar-refractivity contribution in [2.75, 3.05) is 7.11 Å². The fourth-order valence-corrected chi connectivity index (χ4v) is 2.84. The minimum atomic E-state index is -0.557. The third-order valence-electron chi connectivity index (χ3n) is 2.94. The molecule has 0 bridgehead atoms. The number of esters is 1. The van der Waals surface area contributed by atoms with E-state index in [1.165, 1.54) is 24.5 Å². The number of thiazole rings is 1. The van der Waals surface area contributed by atoms with Crippen molar-refractivity contribution in [2.45, 2.75) is 0 Å². The van der Waals surface area contributed by atoms with Crippen LogP contribution in [0.4, 0.5) is 0 Å². The van der Waals surface area contributed by atoms with Crippen molar-refractivity contribution >= 4 is 39.2 Å². The van der Waals surface area contributed by atoms with Crippen LogP contribution in [0.25, 0.3) is 21.9 Å². The molecule has 0 aliphatic heterocycles. The third-order valence-corrected chi connectivity index (χ3v) is 4.01. The van der Waals surface area contributed by atoms with Gasteiger partial charge in [0.2, 0.25) is 5.76 Å². The quantitative estimate of drug-likeness (QED) is 0.544. The van der Waals surface area contributed by atoms with Crippen LogP contribution in [-0.4, -0.2) is 18.1 Å². The van der Waals surface area contributed by atoms with Crippen LogP contribution in [0.1, 0.15) is 21.3 Å². The highest BCUT2D eigenvalue weighted by atomic mass is 32.1. The second-order valence-electron chi connectivity index (χ2n) is 4.35. The number of aromatic nitrogens is 1. The SMILES string of the molecule is COC(=O)c1ccc(C=C(C#N)c2nc3ccccc3s2)o1. The Balaban J connectivity index is 1.98. The first kappa shape index (κ1) is 14.0. The topological polar surface area (TPSA) is 76.1 Å². The molecule has 0 spiro atoms. The van der Waals surface area contributed by atoms with Gasteiger partial charge in [0.05, 0.1) is 22.9 Å². The molecule has 0 aliphatic carbocycles. The number of rotatable bonds is 3. The van der Waals surface area contributed by atoms with Gasteiger partial charge in [-0.3, -0.25) is 0 Å². The Kier molecular flexibility index (Phi) is 3.73. The van der Waals surface area contributed by atoms with Crippen molar-refractivity contribution in [3.05, 3.63) is 52.9 Å². The zero-order valence-corrected chi connectivity index (χ0v) is 12.4. The highest BCUT2D eigenvalue weighted by molar-refractivity contribution is 7.19. The Hall–Kier alpha value is -2.91. The Morgan fingerprint density at radius 2 is 2.18 bits per heavy atom. The monoisotopic (exact) mass is 310 g/mol. The van der Waals surface area contributed by atoms with Crippen molar-refractivity contribution in [1.29, 1.82) is 5.26 Å². The summed E-state index contributed by atoms with van der Waals surface area (Å²) in [6, 6.07) is 12.9. The Morgan fingerprint density at radius 1 is 1.36 bits per heavy atom. The van der Waals surface area contributed by atoms with E-state index in [1.54, 1.807) is 12.1 Å². The molecule has 0 aliphatic rings. The fourth-order valence-electron chi connectivity index (χ4n) is 1.91. The first-order valence-electron chi connectivity index (χ1n) is 6.37. The molecule has 0 atom stereocenters. The number of carbonyl (C=O) groups is 1. The van der Waals surface area contributed by atoms with Crippen LogP contribution < -0.4 is 0 Å². The minimum Gasteiger partial charge on any atom is -0.463 e. The first-order chi connectivity index (χ1) is 10.7. The number of methoxy groups -OCH3 is 1. The van der Waals surface area contributed by atoms with Gasteiger partial charge in [-0.25, -0.2) is 9.78 Å². The van der Waals surface area contributed by atoms with Gasteiger partial charge in [-0.15, -0.1) is 11.3 Å². The molecule has 0 N–H and O–H groups in total. The number of fused-ring (bicyclic) bond motifs is 1. The molecule has 3 aromatic rings. The third kappa shape index (κ3) is 2.62. The molecule has 0 saturated heterocycles. The summed E-state index contributed by atoms with van der Waals surface area (Å²) in [7, 11) is 1.28. The molecule has 0 fully saturated rings. The van der Waals surface area contributed by atoms with Gasteiger partial charge in [0.25, 0.3) is 0 Å². The lowest BCUT2D eigenvalue weighted by atomic mass is 10.2. The lowest BCUT2D eigenvalue weighted by Crippen LogP contribution is -1.98. The normalized spacial score (nSPS) is 11.4. The maximum Gasteiger partial charge on any atom is 0.373 e. The predicted octanol–water partition coefficient (Wildman–Crippen LogP) is 3.74. The van der Waals surface area contributed by atoms with E-state index in [9.17, 15) is 10.1 Å². The molecule has 2 aromatic heterocycles. The van der Waals surface area contributed by atoms with Gasteiger partial charge in [-0.05, 0) is 24.3 Å². The molecular weight excluding hydrogens is 300 g/mol. The van der Waals surface area contributed by atoms with Gasteiger partial charge in [0, 0.05) is 6.08 Å². The molecule has 22 heavy (non-hydrogen) atoms. The number of nitriles is 1. The molecule has 6 heteroatoms. The van der Waals surface area contributed by atoms with Crippen LogP contribution in [0.15, 0.2) is 40.8 Å². The van der Waals surface area contributed by atoms with E-state index in [0.29, 0.717) is 16.3 Å². The van der Waals surface area contributed by atoms with Crippen molar-refractivity contribution in [2.24, 2.45) is 0 Å². The number of nitrogens with zero attached hydrogens (tertiary/aromatic N) is 2. The summed E-state index contributed by atoms with van der Waals surface area (Å²) in [6.07, 6.45) is 1.56.